The molecule has 1 amide bonds. The van der Waals surface area contributed by atoms with Crippen LogP contribution < -0.4 is 0 Å². The van der Waals surface area contributed by atoms with E-state index in [1.54, 1.807) is 4.90 Å². The van der Waals surface area contributed by atoms with Crippen LogP contribution in [0.5, 0.6) is 0 Å². The number of rotatable bonds is 1. The molecule has 2 heterocycles. The highest BCUT2D eigenvalue weighted by Gasteiger charge is 2.28. The normalized spacial score (nSPS) is 16.1. The first-order valence-corrected chi connectivity index (χ1v) is 4.58. The van der Waals surface area contributed by atoms with Crippen molar-refractivity contribution in [3.05, 3.63) is 17.0 Å². The zero-order chi connectivity index (χ0) is 10.7. The molecule has 7 heteroatoms. The molecule has 7 nitrogen and oxygen atoms in total. The maximum absolute atomic E-state index is 11.9. The first-order valence-electron chi connectivity index (χ1n) is 4.58. The van der Waals surface area contributed by atoms with E-state index in [0.29, 0.717) is 26.3 Å². The van der Waals surface area contributed by atoms with Crippen molar-refractivity contribution in [1.82, 2.24) is 14.9 Å². The number of carbonyl (C=O) groups excluding carboxylic acids is 1. The van der Waals surface area contributed by atoms with Gasteiger partial charge in [-0.05, 0) is 4.98 Å². The van der Waals surface area contributed by atoms with Gasteiger partial charge in [0.1, 0.15) is 0 Å². The Morgan fingerprint density at radius 1 is 1.60 bits per heavy atom. The van der Waals surface area contributed by atoms with Crippen LogP contribution in [0.25, 0.3) is 4.98 Å². The summed E-state index contributed by atoms with van der Waals surface area (Å²) in [5.74, 6) is -0.199. The minimum Gasteiger partial charge on any atom is -0.378 e. The monoisotopic (exact) mass is 208 g/mol. The number of aromatic nitrogens is 2. The zero-order valence-electron chi connectivity index (χ0n) is 8.01. The molecule has 1 saturated heterocycles. The van der Waals surface area contributed by atoms with E-state index in [0.717, 1.165) is 0 Å². The van der Waals surface area contributed by atoms with Crippen molar-refractivity contribution in [3.63, 3.8) is 0 Å². The van der Waals surface area contributed by atoms with Crippen LogP contribution in [0.2, 0.25) is 0 Å². The Morgan fingerprint density at radius 2 is 2.33 bits per heavy atom. The van der Waals surface area contributed by atoms with Crippen molar-refractivity contribution in [2.24, 2.45) is 0 Å². The summed E-state index contributed by atoms with van der Waals surface area (Å²) in [4.78, 5) is 22.8. The average Bonchev–Trinajstić information content (AvgIpc) is 2.77. The van der Waals surface area contributed by atoms with E-state index >= 15 is 0 Å². The zero-order valence-corrected chi connectivity index (χ0v) is 8.01. The lowest BCUT2D eigenvalue weighted by atomic mass is 10.3. The summed E-state index contributed by atoms with van der Waals surface area (Å²) in [5.41, 5.74) is 0.208. The highest BCUT2D eigenvalue weighted by molar-refractivity contribution is 5.97. The Morgan fingerprint density at radius 3 is 3.00 bits per heavy atom. The van der Waals surface area contributed by atoms with Gasteiger partial charge in [-0.15, -0.1) is 0 Å². The van der Waals surface area contributed by atoms with E-state index in [4.69, 9.17) is 10.1 Å². The van der Waals surface area contributed by atoms with Gasteiger partial charge in [-0.1, -0.05) is 0 Å². The number of carbonyl (C=O) groups is 1. The smallest absolute Gasteiger partial charge is 0.378 e. The molecule has 0 radical (unpaired) electrons. The van der Waals surface area contributed by atoms with E-state index in [-0.39, 0.29) is 17.4 Å². The second kappa shape index (κ2) is 4.06. The fourth-order valence-electron chi connectivity index (χ4n) is 1.44. The molecule has 0 aliphatic carbocycles. The summed E-state index contributed by atoms with van der Waals surface area (Å²) in [6.45, 7) is 2.16. The van der Waals surface area contributed by atoms with Gasteiger partial charge in [-0.3, -0.25) is 4.79 Å². The van der Waals surface area contributed by atoms with Crippen LogP contribution in [0.1, 0.15) is 10.5 Å². The molecule has 15 heavy (non-hydrogen) atoms. The van der Waals surface area contributed by atoms with E-state index in [2.05, 4.69) is 14.9 Å². The van der Waals surface area contributed by atoms with Gasteiger partial charge in [0.25, 0.3) is 5.91 Å². The maximum atomic E-state index is 11.9. The van der Waals surface area contributed by atoms with Crippen molar-refractivity contribution in [3.8, 4) is 0 Å². The number of hydrogen-bond donors (Lipinski definition) is 1. The third-order valence-electron chi connectivity index (χ3n) is 2.23. The number of aromatic amines is 1. The predicted molar refractivity (Wildman–Crippen MR) is 50.1 cm³/mol. The molecule has 0 bridgehead atoms. The van der Waals surface area contributed by atoms with E-state index in [1.807, 2.05) is 0 Å². The number of hydrogen-bond acceptors (Lipinski definition) is 4. The lowest BCUT2D eigenvalue weighted by molar-refractivity contribution is 0.0300. The number of diazo groups is 1. The molecule has 1 aromatic heterocycles. The molecule has 0 unspecified atom stereocenters. The molecule has 1 aromatic rings. The van der Waals surface area contributed by atoms with Crippen molar-refractivity contribution < 1.29 is 9.53 Å². The van der Waals surface area contributed by atoms with Gasteiger partial charge < -0.3 is 14.6 Å². The Bertz CT molecular complexity index is 401. The molecule has 1 fully saturated rings. The van der Waals surface area contributed by atoms with Crippen LogP contribution in [-0.4, -0.2) is 47.1 Å². The molecule has 1 N–H and O–H groups in total. The molecule has 1 aliphatic rings. The van der Waals surface area contributed by atoms with Gasteiger partial charge in [0, 0.05) is 18.1 Å². The Balaban J connectivity index is 2.17. The number of nitrogens with zero attached hydrogens (tertiary/aromatic N) is 4. The first kappa shape index (κ1) is 9.61. The van der Waals surface area contributed by atoms with Crippen molar-refractivity contribution in [2.45, 2.75) is 0 Å². The standard InChI is InChI=1S/C8H9N5O2/c9-12-7-6(10-5-11-7)8(14)13-1-3-15-4-2-13/h5H,1-4H2/p+1. The van der Waals surface area contributed by atoms with Gasteiger partial charge in [0.2, 0.25) is 12.0 Å². The lowest BCUT2D eigenvalue weighted by Gasteiger charge is -2.25. The SMILES string of the molecule is N#[N+]c1nc[nH]c1C(=O)N1CCOCC1. The van der Waals surface area contributed by atoms with Crippen LogP contribution in [-0.2, 0) is 4.74 Å². The second-order valence-corrected chi connectivity index (χ2v) is 3.11. The van der Waals surface area contributed by atoms with Crippen LogP contribution in [0.15, 0.2) is 6.33 Å². The Labute approximate surface area is 85.7 Å². The third kappa shape index (κ3) is 1.80. The van der Waals surface area contributed by atoms with E-state index in [1.165, 1.54) is 6.33 Å². The van der Waals surface area contributed by atoms with Crippen molar-refractivity contribution in [2.75, 3.05) is 26.3 Å². The van der Waals surface area contributed by atoms with Gasteiger partial charge in [-0.2, -0.15) is 0 Å². The topological polar surface area (TPSA) is 86.4 Å². The summed E-state index contributed by atoms with van der Waals surface area (Å²) in [7, 11) is 0. The second-order valence-electron chi connectivity index (χ2n) is 3.11. The molecule has 1 aliphatic heterocycles. The number of morpholine rings is 1. The van der Waals surface area contributed by atoms with Gasteiger partial charge in [-0.25, -0.2) is 0 Å². The highest BCUT2D eigenvalue weighted by Crippen LogP contribution is 2.15. The third-order valence-corrected chi connectivity index (χ3v) is 2.23. The van der Waals surface area contributed by atoms with Crippen molar-refractivity contribution >= 4 is 11.7 Å². The molecule has 0 spiro atoms. The first-order chi connectivity index (χ1) is 7.33. The average molecular weight is 208 g/mol. The number of H-pyrrole nitrogens is 1. The van der Waals surface area contributed by atoms with Gasteiger partial charge in [0.15, 0.2) is 0 Å². The minimum absolute atomic E-state index is 0.0199. The summed E-state index contributed by atoms with van der Waals surface area (Å²) in [5, 5.41) is 8.60. The largest absolute Gasteiger partial charge is 0.495 e. The molecule has 0 atom stereocenters. The number of nitrogens with one attached hydrogen (secondary N) is 1. The summed E-state index contributed by atoms with van der Waals surface area (Å²) >= 11 is 0. The fraction of sp³-hybridized carbons (Fsp3) is 0.500. The number of imidazole rings is 1. The van der Waals surface area contributed by atoms with Gasteiger partial charge in [0.05, 0.1) is 18.6 Å². The van der Waals surface area contributed by atoms with Crippen LogP contribution in [0.4, 0.5) is 5.82 Å². The lowest BCUT2D eigenvalue weighted by Crippen LogP contribution is -2.40. The number of amides is 1. The summed E-state index contributed by atoms with van der Waals surface area (Å²) in [6.07, 6.45) is 1.32. The summed E-state index contributed by atoms with van der Waals surface area (Å²) < 4.78 is 5.13. The molecule has 0 aromatic carbocycles. The van der Waals surface area contributed by atoms with E-state index < -0.39 is 0 Å². The summed E-state index contributed by atoms with van der Waals surface area (Å²) in [6, 6.07) is 0. The molecular formula is C8H10N5O2+. The molecule has 0 saturated carbocycles. The molecule has 2 rings (SSSR count). The van der Waals surface area contributed by atoms with Crippen LogP contribution in [0.3, 0.4) is 0 Å². The predicted octanol–water partition coefficient (Wildman–Crippen LogP) is 0.367. The minimum atomic E-state index is -0.219. The maximum Gasteiger partial charge on any atom is 0.495 e. The Kier molecular flexibility index (Phi) is 2.60. The Hall–Kier alpha value is -1.94. The van der Waals surface area contributed by atoms with E-state index in [9.17, 15) is 4.79 Å². The fourth-order valence-corrected chi connectivity index (χ4v) is 1.44. The van der Waals surface area contributed by atoms with Crippen molar-refractivity contribution in [1.29, 1.82) is 5.39 Å². The molecular weight excluding hydrogens is 198 g/mol. The number of ether oxygens (including phenoxy) is 1. The highest BCUT2D eigenvalue weighted by atomic mass is 16.5. The molecule has 78 valence electrons. The quantitative estimate of drug-likeness (QED) is 0.675. The van der Waals surface area contributed by atoms with Crippen LogP contribution >= 0.6 is 0 Å². The van der Waals surface area contributed by atoms with Crippen LogP contribution in [0, 0.1) is 5.39 Å². The van der Waals surface area contributed by atoms with Gasteiger partial charge >= 0.3 is 5.82 Å².